The second kappa shape index (κ2) is 7.52. The first kappa shape index (κ1) is 16.0. The van der Waals surface area contributed by atoms with E-state index in [1.807, 2.05) is 13.8 Å². The van der Waals surface area contributed by atoms with E-state index in [1.165, 1.54) is 0 Å². The highest BCUT2D eigenvalue weighted by atomic mass is 16.4. The van der Waals surface area contributed by atoms with Crippen molar-refractivity contribution in [1.82, 2.24) is 20.4 Å². The Balaban J connectivity index is 2.46. The molecule has 7 nitrogen and oxygen atoms in total. The summed E-state index contributed by atoms with van der Waals surface area (Å²) in [5, 5.41) is 18.4. The zero-order valence-electron chi connectivity index (χ0n) is 12.0. The summed E-state index contributed by atoms with van der Waals surface area (Å²) in [5.41, 5.74) is 0. The molecule has 7 heteroatoms. The van der Waals surface area contributed by atoms with E-state index in [2.05, 4.69) is 15.7 Å². The summed E-state index contributed by atoms with van der Waals surface area (Å²) in [7, 11) is 0. The van der Waals surface area contributed by atoms with Crippen molar-refractivity contribution < 1.29 is 14.7 Å². The third kappa shape index (κ3) is 4.91. The van der Waals surface area contributed by atoms with Gasteiger partial charge in [-0.1, -0.05) is 20.3 Å². The predicted molar refractivity (Wildman–Crippen MR) is 74.2 cm³/mol. The van der Waals surface area contributed by atoms with E-state index >= 15 is 0 Å². The van der Waals surface area contributed by atoms with Crippen LogP contribution in [0.4, 0.5) is 4.79 Å². The highest BCUT2D eigenvalue weighted by molar-refractivity contribution is 5.82. The second-order valence-corrected chi connectivity index (χ2v) is 4.95. The molecule has 0 aliphatic heterocycles. The molecule has 0 aliphatic rings. The Morgan fingerprint density at radius 1 is 1.35 bits per heavy atom. The fraction of sp³-hybridized carbons (Fsp3) is 0.615. The van der Waals surface area contributed by atoms with Gasteiger partial charge in [-0.05, 0) is 18.9 Å². The first-order valence-electron chi connectivity index (χ1n) is 6.71. The zero-order valence-corrected chi connectivity index (χ0v) is 12.0. The van der Waals surface area contributed by atoms with Crippen molar-refractivity contribution in [2.24, 2.45) is 5.92 Å². The molecular formula is C13H22N4O3. The van der Waals surface area contributed by atoms with Crippen molar-refractivity contribution in [3.63, 3.8) is 0 Å². The summed E-state index contributed by atoms with van der Waals surface area (Å²) in [6.07, 6.45) is 4.14. The number of carbonyl (C=O) groups is 2. The van der Waals surface area contributed by atoms with Gasteiger partial charge in [0.25, 0.3) is 0 Å². The summed E-state index contributed by atoms with van der Waals surface area (Å²) in [5.74, 6) is -1.14. The molecule has 20 heavy (non-hydrogen) atoms. The number of rotatable bonds is 7. The molecule has 2 amide bonds. The van der Waals surface area contributed by atoms with Gasteiger partial charge in [0.2, 0.25) is 0 Å². The summed E-state index contributed by atoms with van der Waals surface area (Å²) in [6, 6.07) is 0.298. The first-order chi connectivity index (χ1) is 9.43. The molecule has 0 aromatic carbocycles. The largest absolute Gasteiger partial charge is 0.480 e. The van der Waals surface area contributed by atoms with Gasteiger partial charge >= 0.3 is 12.0 Å². The van der Waals surface area contributed by atoms with Gasteiger partial charge in [0.05, 0.1) is 6.54 Å². The third-order valence-electron chi connectivity index (χ3n) is 3.16. The van der Waals surface area contributed by atoms with Crippen LogP contribution in [-0.4, -0.2) is 39.0 Å². The quantitative estimate of drug-likeness (QED) is 0.697. The van der Waals surface area contributed by atoms with Crippen LogP contribution in [0, 0.1) is 5.92 Å². The third-order valence-corrected chi connectivity index (χ3v) is 3.16. The number of hydrogen-bond acceptors (Lipinski definition) is 3. The van der Waals surface area contributed by atoms with Gasteiger partial charge in [-0.15, -0.1) is 0 Å². The number of aliphatic carboxylic acids is 1. The molecule has 0 spiro atoms. The molecule has 3 unspecified atom stereocenters. The summed E-state index contributed by atoms with van der Waals surface area (Å²) in [6.45, 7) is 6.05. The molecule has 1 heterocycles. The van der Waals surface area contributed by atoms with Crippen molar-refractivity contribution in [3.8, 4) is 0 Å². The minimum Gasteiger partial charge on any atom is -0.480 e. The lowest BCUT2D eigenvalue weighted by Gasteiger charge is -2.22. The average Bonchev–Trinajstić information content (AvgIpc) is 2.87. The number of aromatic nitrogens is 2. The lowest BCUT2D eigenvalue weighted by molar-refractivity contribution is -0.140. The van der Waals surface area contributed by atoms with Gasteiger partial charge in [-0.3, -0.25) is 4.68 Å². The lowest BCUT2D eigenvalue weighted by Crippen LogP contribution is -2.51. The number of urea groups is 1. The van der Waals surface area contributed by atoms with Crippen LogP contribution in [0.15, 0.2) is 18.5 Å². The summed E-state index contributed by atoms with van der Waals surface area (Å²) >= 11 is 0. The molecule has 1 rings (SSSR count). The standard InChI is InChI=1S/C13H22N4O3/c1-4-9(2)11(12(18)19)16-13(20)15-10(3)8-17-7-5-6-14-17/h5-7,9-11H,4,8H2,1-3H3,(H,18,19)(H2,15,16,20). The predicted octanol–water partition coefficient (Wildman–Crippen LogP) is 1.07. The van der Waals surface area contributed by atoms with Crippen molar-refractivity contribution in [3.05, 3.63) is 18.5 Å². The van der Waals surface area contributed by atoms with Crippen LogP contribution in [0.1, 0.15) is 27.2 Å². The van der Waals surface area contributed by atoms with Crippen LogP contribution in [0.3, 0.4) is 0 Å². The Morgan fingerprint density at radius 3 is 2.55 bits per heavy atom. The normalized spacial score (nSPS) is 15.2. The molecule has 1 aromatic heterocycles. The van der Waals surface area contributed by atoms with E-state index in [-0.39, 0.29) is 12.0 Å². The SMILES string of the molecule is CCC(C)C(NC(=O)NC(C)Cn1cccn1)C(=O)O. The molecule has 0 radical (unpaired) electrons. The smallest absolute Gasteiger partial charge is 0.326 e. The van der Waals surface area contributed by atoms with Gasteiger partial charge in [-0.2, -0.15) is 5.10 Å². The number of nitrogens with zero attached hydrogens (tertiary/aromatic N) is 2. The highest BCUT2D eigenvalue weighted by Crippen LogP contribution is 2.07. The Morgan fingerprint density at radius 2 is 2.05 bits per heavy atom. The van der Waals surface area contributed by atoms with Crippen LogP contribution in [0.25, 0.3) is 0 Å². The number of nitrogens with one attached hydrogen (secondary N) is 2. The van der Waals surface area contributed by atoms with E-state index in [0.29, 0.717) is 13.0 Å². The first-order valence-corrected chi connectivity index (χ1v) is 6.71. The van der Waals surface area contributed by atoms with Crippen molar-refractivity contribution in [2.75, 3.05) is 0 Å². The molecular weight excluding hydrogens is 260 g/mol. The van der Waals surface area contributed by atoms with Gasteiger partial charge in [0, 0.05) is 18.4 Å². The summed E-state index contributed by atoms with van der Waals surface area (Å²) in [4.78, 5) is 22.9. The summed E-state index contributed by atoms with van der Waals surface area (Å²) < 4.78 is 1.70. The monoisotopic (exact) mass is 282 g/mol. The van der Waals surface area contributed by atoms with Gasteiger partial charge < -0.3 is 15.7 Å². The number of hydrogen-bond donors (Lipinski definition) is 3. The van der Waals surface area contributed by atoms with Gasteiger partial charge in [-0.25, -0.2) is 9.59 Å². The van der Waals surface area contributed by atoms with Crippen molar-refractivity contribution in [2.45, 2.75) is 45.8 Å². The molecule has 1 aromatic rings. The number of carbonyl (C=O) groups excluding carboxylic acids is 1. The van der Waals surface area contributed by atoms with Gasteiger partial charge in [0.15, 0.2) is 0 Å². The van der Waals surface area contributed by atoms with Crippen LogP contribution >= 0.6 is 0 Å². The van der Waals surface area contributed by atoms with E-state index < -0.39 is 18.0 Å². The fourth-order valence-electron chi connectivity index (χ4n) is 1.82. The van der Waals surface area contributed by atoms with E-state index in [1.54, 1.807) is 30.1 Å². The minimum atomic E-state index is -1.02. The topological polar surface area (TPSA) is 96.3 Å². The second-order valence-electron chi connectivity index (χ2n) is 4.95. The number of carboxylic acids is 1. The zero-order chi connectivity index (χ0) is 15.1. The van der Waals surface area contributed by atoms with E-state index in [4.69, 9.17) is 5.11 Å². The molecule has 3 atom stereocenters. The van der Waals surface area contributed by atoms with E-state index in [0.717, 1.165) is 0 Å². The molecule has 0 aliphatic carbocycles. The van der Waals surface area contributed by atoms with Crippen LogP contribution < -0.4 is 10.6 Å². The van der Waals surface area contributed by atoms with Gasteiger partial charge in [0.1, 0.15) is 6.04 Å². The molecule has 0 saturated heterocycles. The molecule has 0 fully saturated rings. The maximum Gasteiger partial charge on any atom is 0.326 e. The minimum absolute atomic E-state index is 0.125. The maximum absolute atomic E-state index is 11.8. The molecule has 0 saturated carbocycles. The Labute approximate surface area is 118 Å². The Kier molecular flexibility index (Phi) is 6.02. The van der Waals surface area contributed by atoms with Crippen molar-refractivity contribution >= 4 is 12.0 Å². The average molecular weight is 282 g/mol. The number of carboxylic acid groups (broad SMARTS) is 1. The van der Waals surface area contributed by atoms with Crippen LogP contribution in [-0.2, 0) is 11.3 Å². The van der Waals surface area contributed by atoms with Crippen LogP contribution in [0.5, 0.6) is 0 Å². The maximum atomic E-state index is 11.8. The van der Waals surface area contributed by atoms with E-state index in [9.17, 15) is 9.59 Å². The lowest BCUT2D eigenvalue weighted by atomic mass is 9.99. The fourth-order valence-corrected chi connectivity index (χ4v) is 1.82. The molecule has 112 valence electrons. The Hall–Kier alpha value is -2.05. The highest BCUT2D eigenvalue weighted by Gasteiger charge is 2.25. The number of amides is 2. The molecule has 0 bridgehead atoms. The Bertz CT molecular complexity index is 433. The van der Waals surface area contributed by atoms with Crippen LogP contribution in [0.2, 0.25) is 0 Å². The molecule has 3 N–H and O–H groups in total. The van der Waals surface area contributed by atoms with Crippen molar-refractivity contribution in [1.29, 1.82) is 0 Å².